The van der Waals surface area contributed by atoms with Gasteiger partial charge >= 0.3 is 0 Å². The largest absolute Gasteiger partial charge is 0.330 e. The van der Waals surface area contributed by atoms with Crippen LogP contribution in [0.4, 0.5) is 0 Å². The highest BCUT2D eigenvalue weighted by Crippen LogP contribution is 2.17. The molecule has 0 radical (unpaired) electrons. The van der Waals surface area contributed by atoms with Crippen LogP contribution in [0.2, 0.25) is 5.02 Å². The van der Waals surface area contributed by atoms with Crippen LogP contribution in [-0.4, -0.2) is 18.6 Å². The molecule has 0 bridgehead atoms. The Balaban J connectivity index is 2.50. The van der Waals surface area contributed by atoms with Crippen molar-refractivity contribution in [2.45, 2.75) is 12.8 Å². The number of rotatable bonds is 6. The topological polar surface area (TPSA) is 26.0 Å². The van der Waals surface area contributed by atoms with Gasteiger partial charge in [-0.05, 0) is 55.0 Å². The molecule has 1 aromatic rings. The summed E-state index contributed by atoms with van der Waals surface area (Å²) in [6, 6.07) is 8.06. The van der Waals surface area contributed by atoms with Gasteiger partial charge in [0.1, 0.15) is 0 Å². The van der Waals surface area contributed by atoms with Crippen molar-refractivity contribution in [2.24, 2.45) is 11.7 Å². The number of halogens is 1. The van der Waals surface area contributed by atoms with E-state index < -0.39 is 0 Å². The monoisotopic (exact) mass is 243 g/mol. The van der Waals surface area contributed by atoms with E-state index in [1.165, 1.54) is 17.7 Å². The zero-order valence-electron chi connectivity index (χ0n) is 9.08. The maximum absolute atomic E-state index is 5.94. The summed E-state index contributed by atoms with van der Waals surface area (Å²) in [7, 11) is 0. The molecule has 1 rings (SSSR count). The molecule has 3 heteroatoms. The molecule has 0 spiro atoms. The fraction of sp³-hybridized carbons (Fsp3) is 0.500. The molecule has 2 N–H and O–H groups in total. The molecular formula is C12H18ClNS. The second-order valence-electron chi connectivity index (χ2n) is 3.72. The SMILES string of the molecule is CSCCC(CN)Cc1cccc(Cl)c1. The summed E-state index contributed by atoms with van der Waals surface area (Å²) in [6.45, 7) is 0.757. The zero-order valence-corrected chi connectivity index (χ0v) is 10.7. The first kappa shape index (κ1) is 12.9. The molecule has 0 saturated carbocycles. The molecule has 1 nitrogen and oxygen atoms in total. The predicted octanol–water partition coefficient (Wildman–Crippen LogP) is 3.21. The molecule has 15 heavy (non-hydrogen) atoms. The second kappa shape index (κ2) is 7.15. The van der Waals surface area contributed by atoms with Crippen LogP contribution in [-0.2, 0) is 6.42 Å². The average molecular weight is 244 g/mol. The molecule has 0 aromatic heterocycles. The van der Waals surface area contributed by atoms with Crippen LogP contribution in [0, 0.1) is 5.92 Å². The fourth-order valence-corrected chi connectivity index (χ4v) is 2.37. The third kappa shape index (κ3) is 4.92. The normalized spacial score (nSPS) is 12.7. The van der Waals surface area contributed by atoms with Gasteiger partial charge in [-0.15, -0.1) is 0 Å². The number of benzene rings is 1. The Hall–Kier alpha value is -0.180. The predicted molar refractivity (Wildman–Crippen MR) is 70.7 cm³/mol. The maximum Gasteiger partial charge on any atom is 0.0408 e. The lowest BCUT2D eigenvalue weighted by atomic mass is 9.97. The molecule has 0 amide bonds. The van der Waals surface area contributed by atoms with Gasteiger partial charge in [-0.25, -0.2) is 0 Å². The zero-order chi connectivity index (χ0) is 11.1. The molecule has 0 aliphatic rings. The van der Waals surface area contributed by atoms with Crippen molar-refractivity contribution in [1.82, 2.24) is 0 Å². The Bertz CT molecular complexity index is 291. The smallest absolute Gasteiger partial charge is 0.0408 e. The molecule has 0 aliphatic carbocycles. The van der Waals surface area contributed by atoms with Crippen LogP contribution in [0.15, 0.2) is 24.3 Å². The van der Waals surface area contributed by atoms with Crippen molar-refractivity contribution < 1.29 is 0 Å². The molecule has 0 heterocycles. The first-order chi connectivity index (χ1) is 7.26. The second-order valence-corrected chi connectivity index (χ2v) is 5.14. The number of nitrogens with two attached hydrogens (primary N) is 1. The standard InChI is InChI=1S/C12H18ClNS/c1-15-6-5-11(9-14)7-10-3-2-4-12(13)8-10/h2-4,8,11H,5-7,9,14H2,1H3. The van der Waals surface area contributed by atoms with Crippen molar-refractivity contribution in [3.63, 3.8) is 0 Å². The van der Waals surface area contributed by atoms with E-state index in [0.29, 0.717) is 5.92 Å². The highest BCUT2D eigenvalue weighted by molar-refractivity contribution is 7.98. The molecule has 0 aliphatic heterocycles. The van der Waals surface area contributed by atoms with Crippen LogP contribution in [0.1, 0.15) is 12.0 Å². The molecule has 1 unspecified atom stereocenters. The van der Waals surface area contributed by atoms with Crippen molar-refractivity contribution >= 4 is 23.4 Å². The Kier molecular flexibility index (Phi) is 6.15. The Morgan fingerprint density at radius 3 is 2.87 bits per heavy atom. The highest BCUT2D eigenvalue weighted by atomic mass is 35.5. The summed E-state index contributed by atoms with van der Waals surface area (Å²) >= 11 is 7.82. The lowest BCUT2D eigenvalue weighted by Crippen LogP contribution is -2.17. The third-order valence-corrected chi connectivity index (χ3v) is 3.36. The van der Waals surface area contributed by atoms with Gasteiger partial charge in [0.05, 0.1) is 0 Å². The number of hydrogen-bond acceptors (Lipinski definition) is 2. The maximum atomic E-state index is 5.94. The minimum absolute atomic E-state index is 0.580. The van der Waals surface area contributed by atoms with Gasteiger partial charge in [0.15, 0.2) is 0 Å². The van der Waals surface area contributed by atoms with Crippen LogP contribution < -0.4 is 5.73 Å². The number of hydrogen-bond donors (Lipinski definition) is 1. The minimum atomic E-state index is 0.580. The third-order valence-electron chi connectivity index (χ3n) is 2.48. The van der Waals surface area contributed by atoms with Crippen LogP contribution in [0.5, 0.6) is 0 Å². The van der Waals surface area contributed by atoms with Gasteiger partial charge in [0.25, 0.3) is 0 Å². The first-order valence-electron chi connectivity index (χ1n) is 5.19. The van der Waals surface area contributed by atoms with Gasteiger partial charge in [-0.2, -0.15) is 11.8 Å². The van der Waals surface area contributed by atoms with E-state index in [1.54, 1.807) is 0 Å². The summed E-state index contributed by atoms with van der Waals surface area (Å²) in [5, 5.41) is 0.813. The summed E-state index contributed by atoms with van der Waals surface area (Å²) in [5.74, 6) is 1.76. The van der Waals surface area contributed by atoms with Crippen LogP contribution in [0.25, 0.3) is 0 Å². The Morgan fingerprint density at radius 2 is 2.27 bits per heavy atom. The number of thioether (sulfide) groups is 1. The van der Waals surface area contributed by atoms with Crippen molar-refractivity contribution in [3.05, 3.63) is 34.9 Å². The van der Waals surface area contributed by atoms with E-state index >= 15 is 0 Å². The molecule has 84 valence electrons. The summed E-state index contributed by atoms with van der Waals surface area (Å²) in [5.41, 5.74) is 7.05. The van der Waals surface area contributed by atoms with Crippen LogP contribution in [0.3, 0.4) is 0 Å². The van der Waals surface area contributed by atoms with Crippen molar-refractivity contribution in [1.29, 1.82) is 0 Å². The summed E-state index contributed by atoms with van der Waals surface area (Å²) in [4.78, 5) is 0. The molecule has 1 aromatic carbocycles. The van der Waals surface area contributed by atoms with E-state index in [9.17, 15) is 0 Å². The molecule has 1 atom stereocenters. The molecule has 0 saturated heterocycles. The van der Waals surface area contributed by atoms with E-state index in [4.69, 9.17) is 17.3 Å². The molecule has 0 fully saturated rings. The van der Waals surface area contributed by atoms with E-state index in [2.05, 4.69) is 12.3 Å². The summed E-state index contributed by atoms with van der Waals surface area (Å²) in [6.07, 6.45) is 4.36. The highest BCUT2D eigenvalue weighted by Gasteiger charge is 2.07. The van der Waals surface area contributed by atoms with Gasteiger partial charge in [0.2, 0.25) is 0 Å². The van der Waals surface area contributed by atoms with Gasteiger partial charge in [0, 0.05) is 5.02 Å². The Labute approximate surface area is 101 Å². The van der Waals surface area contributed by atoms with E-state index in [1.807, 2.05) is 30.0 Å². The minimum Gasteiger partial charge on any atom is -0.330 e. The quantitative estimate of drug-likeness (QED) is 0.831. The summed E-state index contributed by atoms with van der Waals surface area (Å²) < 4.78 is 0. The van der Waals surface area contributed by atoms with Gasteiger partial charge in [-0.1, -0.05) is 23.7 Å². The first-order valence-corrected chi connectivity index (χ1v) is 6.97. The van der Waals surface area contributed by atoms with Crippen molar-refractivity contribution in [3.8, 4) is 0 Å². The van der Waals surface area contributed by atoms with Gasteiger partial charge in [-0.3, -0.25) is 0 Å². The van der Waals surface area contributed by atoms with Crippen LogP contribution >= 0.6 is 23.4 Å². The lowest BCUT2D eigenvalue weighted by Gasteiger charge is -2.14. The fourth-order valence-electron chi connectivity index (χ4n) is 1.59. The Morgan fingerprint density at radius 1 is 1.47 bits per heavy atom. The molecular weight excluding hydrogens is 226 g/mol. The lowest BCUT2D eigenvalue weighted by molar-refractivity contribution is 0.523. The van der Waals surface area contributed by atoms with Crippen molar-refractivity contribution in [2.75, 3.05) is 18.6 Å². The van der Waals surface area contributed by atoms with Gasteiger partial charge < -0.3 is 5.73 Å². The van der Waals surface area contributed by atoms with E-state index in [-0.39, 0.29) is 0 Å². The van der Waals surface area contributed by atoms with E-state index in [0.717, 1.165) is 18.0 Å². The average Bonchev–Trinajstić information content (AvgIpc) is 2.24.